The van der Waals surface area contributed by atoms with Gasteiger partial charge in [-0.2, -0.15) is 0 Å². The van der Waals surface area contributed by atoms with E-state index in [0.29, 0.717) is 18.0 Å². The number of hydrogen-bond donors (Lipinski definition) is 1. The van der Waals surface area contributed by atoms with Crippen LogP contribution in [0, 0.1) is 5.92 Å². The molecule has 0 unspecified atom stereocenters. The standard InChI is InChI=1S/C21H32N4O/c26-21(23-19-4-1-5-19)18-3-2-12-25(16-18)20-8-13-24(14-9-20)15-17-6-10-22-11-7-17/h6-7,10-11,18-20H,1-5,8-9,12-16H2,(H,23,26)/t18-/m0/s1. The quantitative estimate of drug-likeness (QED) is 0.880. The van der Waals surface area contributed by atoms with Crippen LogP contribution in [0.1, 0.15) is 50.5 Å². The van der Waals surface area contributed by atoms with Gasteiger partial charge in [0.2, 0.25) is 5.91 Å². The molecule has 1 aliphatic carbocycles. The minimum atomic E-state index is 0.208. The van der Waals surface area contributed by atoms with Gasteiger partial charge in [0.25, 0.3) is 0 Å². The summed E-state index contributed by atoms with van der Waals surface area (Å²) in [5, 5.41) is 3.26. The third kappa shape index (κ3) is 4.44. The molecule has 1 aromatic heterocycles. The number of likely N-dealkylation sites (tertiary alicyclic amines) is 2. The lowest BCUT2D eigenvalue weighted by Gasteiger charge is -2.42. The van der Waals surface area contributed by atoms with Gasteiger partial charge in [-0.3, -0.25) is 19.6 Å². The van der Waals surface area contributed by atoms with Crippen molar-refractivity contribution < 1.29 is 4.79 Å². The molecule has 5 heteroatoms. The first-order valence-corrected chi connectivity index (χ1v) is 10.4. The van der Waals surface area contributed by atoms with Gasteiger partial charge in [0, 0.05) is 37.6 Å². The van der Waals surface area contributed by atoms with Crippen molar-refractivity contribution in [2.45, 2.75) is 63.6 Å². The molecule has 142 valence electrons. The number of nitrogens with zero attached hydrogens (tertiary/aromatic N) is 3. The molecule has 5 nitrogen and oxygen atoms in total. The van der Waals surface area contributed by atoms with Gasteiger partial charge in [0.05, 0.1) is 5.92 Å². The Balaban J connectivity index is 1.24. The molecular weight excluding hydrogens is 324 g/mol. The zero-order chi connectivity index (χ0) is 17.8. The molecule has 0 spiro atoms. The fraction of sp³-hybridized carbons (Fsp3) is 0.714. The van der Waals surface area contributed by atoms with Crippen LogP contribution in [-0.2, 0) is 11.3 Å². The van der Waals surface area contributed by atoms with Crippen molar-refractivity contribution in [2.75, 3.05) is 26.2 Å². The summed E-state index contributed by atoms with van der Waals surface area (Å²) < 4.78 is 0. The molecule has 1 atom stereocenters. The van der Waals surface area contributed by atoms with Gasteiger partial charge in [0.15, 0.2) is 0 Å². The molecule has 3 fully saturated rings. The van der Waals surface area contributed by atoms with Crippen LogP contribution in [0.15, 0.2) is 24.5 Å². The third-order valence-electron chi connectivity index (χ3n) is 6.50. The lowest BCUT2D eigenvalue weighted by atomic mass is 9.90. The average Bonchev–Trinajstić information content (AvgIpc) is 2.66. The van der Waals surface area contributed by atoms with Gasteiger partial charge >= 0.3 is 0 Å². The number of rotatable bonds is 5. The van der Waals surface area contributed by atoms with Crippen molar-refractivity contribution in [1.29, 1.82) is 0 Å². The van der Waals surface area contributed by atoms with Crippen molar-refractivity contribution in [1.82, 2.24) is 20.1 Å². The van der Waals surface area contributed by atoms with E-state index in [9.17, 15) is 4.79 Å². The summed E-state index contributed by atoms with van der Waals surface area (Å²) in [6, 6.07) is 5.35. The first kappa shape index (κ1) is 17.9. The van der Waals surface area contributed by atoms with Crippen LogP contribution < -0.4 is 5.32 Å². The van der Waals surface area contributed by atoms with E-state index in [2.05, 4.69) is 32.2 Å². The van der Waals surface area contributed by atoms with Crippen LogP contribution in [0.5, 0.6) is 0 Å². The van der Waals surface area contributed by atoms with Gasteiger partial charge in [-0.25, -0.2) is 0 Å². The SMILES string of the molecule is O=C(NC1CCC1)[C@H]1CCCN(C2CCN(Cc3ccncc3)CC2)C1. The van der Waals surface area contributed by atoms with Crippen LogP contribution in [0.3, 0.4) is 0 Å². The van der Waals surface area contributed by atoms with Gasteiger partial charge in [-0.1, -0.05) is 0 Å². The first-order chi connectivity index (χ1) is 12.8. The summed E-state index contributed by atoms with van der Waals surface area (Å²) in [7, 11) is 0. The summed E-state index contributed by atoms with van der Waals surface area (Å²) in [5.41, 5.74) is 1.35. The van der Waals surface area contributed by atoms with Crippen LogP contribution in [0.4, 0.5) is 0 Å². The summed E-state index contributed by atoms with van der Waals surface area (Å²) in [4.78, 5) is 21.8. The van der Waals surface area contributed by atoms with E-state index in [4.69, 9.17) is 0 Å². The van der Waals surface area contributed by atoms with Crippen LogP contribution >= 0.6 is 0 Å². The monoisotopic (exact) mass is 356 g/mol. The molecule has 1 amide bonds. The minimum Gasteiger partial charge on any atom is -0.353 e. The van der Waals surface area contributed by atoms with Crippen molar-refractivity contribution in [2.24, 2.45) is 5.92 Å². The maximum atomic E-state index is 12.5. The molecule has 4 rings (SSSR count). The second kappa shape index (κ2) is 8.49. The maximum Gasteiger partial charge on any atom is 0.224 e. The Morgan fingerprint density at radius 1 is 1.04 bits per heavy atom. The molecule has 1 saturated carbocycles. The van der Waals surface area contributed by atoms with Crippen molar-refractivity contribution in [3.8, 4) is 0 Å². The van der Waals surface area contributed by atoms with Gasteiger partial charge < -0.3 is 5.32 Å². The molecule has 2 saturated heterocycles. The van der Waals surface area contributed by atoms with Crippen LogP contribution in [0.25, 0.3) is 0 Å². The Morgan fingerprint density at radius 2 is 1.81 bits per heavy atom. The zero-order valence-electron chi connectivity index (χ0n) is 15.8. The molecule has 3 heterocycles. The smallest absolute Gasteiger partial charge is 0.224 e. The predicted molar refractivity (Wildman–Crippen MR) is 103 cm³/mol. The number of carbonyl (C=O) groups excluding carboxylic acids is 1. The van der Waals surface area contributed by atoms with Crippen LogP contribution in [0.2, 0.25) is 0 Å². The van der Waals surface area contributed by atoms with E-state index >= 15 is 0 Å². The molecule has 0 bridgehead atoms. The largest absolute Gasteiger partial charge is 0.353 e. The van der Waals surface area contributed by atoms with Gasteiger partial charge in [-0.05, 0) is 82.3 Å². The number of carbonyl (C=O) groups is 1. The first-order valence-electron chi connectivity index (χ1n) is 10.4. The zero-order valence-corrected chi connectivity index (χ0v) is 15.8. The van der Waals surface area contributed by atoms with E-state index in [1.807, 2.05) is 12.4 Å². The van der Waals surface area contributed by atoms with Crippen molar-refractivity contribution in [3.63, 3.8) is 0 Å². The normalized spacial score (nSPS) is 26.4. The summed E-state index contributed by atoms with van der Waals surface area (Å²) in [5.74, 6) is 0.522. The molecule has 0 aromatic carbocycles. The number of pyridine rings is 1. The van der Waals surface area contributed by atoms with E-state index in [0.717, 1.165) is 32.6 Å². The maximum absolute atomic E-state index is 12.5. The summed E-state index contributed by atoms with van der Waals surface area (Å²) in [6.07, 6.45) is 12.1. The Morgan fingerprint density at radius 3 is 2.50 bits per heavy atom. The Labute approximate surface area is 157 Å². The fourth-order valence-corrected chi connectivity index (χ4v) is 4.61. The fourth-order valence-electron chi connectivity index (χ4n) is 4.61. The topological polar surface area (TPSA) is 48.5 Å². The average molecular weight is 357 g/mol. The molecule has 26 heavy (non-hydrogen) atoms. The van der Waals surface area contributed by atoms with E-state index in [-0.39, 0.29) is 5.92 Å². The highest BCUT2D eigenvalue weighted by atomic mass is 16.2. The van der Waals surface area contributed by atoms with E-state index < -0.39 is 0 Å². The highest BCUT2D eigenvalue weighted by molar-refractivity contribution is 5.79. The second-order valence-corrected chi connectivity index (χ2v) is 8.33. The number of aromatic nitrogens is 1. The Bertz CT molecular complexity index is 581. The molecule has 2 aliphatic heterocycles. The van der Waals surface area contributed by atoms with Crippen LogP contribution in [-0.4, -0.2) is 59.0 Å². The van der Waals surface area contributed by atoms with Gasteiger partial charge in [0.1, 0.15) is 0 Å². The molecule has 0 radical (unpaired) electrons. The second-order valence-electron chi connectivity index (χ2n) is 8.33. The Hall–Kier alpha value is -1.46. The Kier molecular flexibility index (Phi) is 5.85. The molecular formula is C21H32N4O. The molecule has 3 aliphatic rings. The van der Waals surface area contributed by atoms with Crippen molar-refractivity contribution >= 4 is 5.91 Å². The number of piperidine rings is 2. The minimum absolute atomic E-state index is 0.208. The predicted octanol–water partition coefficient (Wildman–Crippen LogP) is 2.43. The highest BCUT2D eigenvalue weighted by Gasteiger charge is 2.32. The third-order valence-corrected chi connectivity index (χ3v) is 6.50. The van der Waals surface area contributed by atoms with E-state index in [1.54, 1.807) is 0 Å². The molecule has 1 N–H and O–H groups in total. The summed E-state index contributed by atoms with van der Waals surface area (Å²) in [6.45, 7) is 5.47. The highest BCUT2D eigenvalue weighted by Crippen LogP contribution is 2.26. The number of amides is 1. The van der Waals surface area contributed by atoms with Gasteiger partial charge in [-0.15, -0.1) is 0 Å². The lowest BCUT2D eigenvalue weighted by molar-refractivity contribution is -0.128. The lowest BCUT2D eigenvalue weighted by Crippen LogP contribution is -2.52. The van der Waals surface area contributed by atoms with Crippen molar-refractivity contribution in [3.05, 3.63) is 30.1 Å². The number of nitrogens with one attached hydrogen (secondary N) is 1. The van der Waals surface area contributed by atoms with E-state index in [1.165, 1.54) is 50.6 Å². The summed E-state index contributed by atoms with van der Waals surface area (Å²) >= 11 is 0. The molecule has 1 aromatic rings. The number of hydrogen-bond acceptors (Lipinski definition) is 4.